The molecule has 0 saturated carbocycles. The van der Waals surface area contributed by atoms with Crippen LogP contribution in [0.2, 0.25) is 0 Å². The Bertz CT molecular complexity index is 2710. The van der Waals surface area contributed by atoms with Crippen molar-refractivity contribution in [1.82, 2.24) is 9.13 Å². The number of rotatable bonds is 3. The highest BCUT2D eigenvalue weighted by atomic mass is 19.4. The van der Waals surface area contributed by atoms with E-state index in [1.165, 1.54) is 22.8 Å². The van der Waals surface area contributed by atoms with Crippen LogP contribution in [0.15, 0.2) is 103 Å². The Labute approximate surface area is 294 Å². The Balaban J connectivity index is 1.68. The quantitative estimate of drug-likeness (QED) is 0.129. The number of hydrogen-bond donors (Lipinski definition) is 0. The maximum Gasteiger partial charge on any atom is 0.420 e. The second kappa shape index (κ2) is 11.5. The number of aromatic nitrogens is 2. The summed E-state index contributed by atoms with van der Waals surface area (Å²) in [6, 6.07) is 27.1. The second-order valence-corrected chi connectivity index (χ2v) is 13.2. The first-order valence-electron chi connectivity index (χ1n) is 16.6. The van der Waals surface area contributed by atoms with Gasteiger partial charge >= 0.3 is 12.4 Å². The lowest BCUT2D eigenvalue weighted by atomic mass is 9.92. The first-order valence-corrected chi connectivity index (χ1v) is 16.6. The van der Waals surface area contributed by atoms with Crippen molar-refractivity contribution in [3.8, 4) is 22.5 Å². The number of hydrogen-bond acceptors (Lipinski definition) is 0. The average Bonchev–Trinajstić information content (AvgIpc) is 3.62. The summed E-state index contributed by atoms with van der Waals surface area (Å²) in [5, 5.41) is 2.96. The molecule has 0 radical (unpaired) electrons. The number of benzene rings is 6. The van der Waals surface area contributed by atoms with Crippen LogP contribution in [-0.4, -0.2) is 9.13 Å². The molecule has 0 aliphatic heterocycles. The van der Waals surface area contributed by atoms with Crippen molar-refractivity contribution in [2.24, 2.45) is 0 Å². The number of aryl methyl sites for hydroxylation is 4. The van der Waals surface area contributed by atoms with Crippen LogP contribution in [0, 0.1) is 34.3 Å². The van der Waals surface area contributed by atoms with E-state index >= 15 is 13.2 Å². The number of halogens is 6. The Morgan fingerprint density at radius 3 is 1.33 bits per heavy atom. The van der Waals surface area contributed by atoms with Crippen molar-refractivity contribution >= 4 is 49.3 Å². The molecule has 0 N–H and O–H groups in total. The van der Waals surface area contributed by atoms with E-state index in [1.807, 2.05) is 52.0 Å². The zero-order valence-electron chi connectivity index (χ0n) is 28.4. The molecule has 9 heteroatoms. The van der Waals surface area contributed by atoms with Crippen molar-refractivity contribution in [3.63, 3.8) is 0 Å². The molecular formula is C43H29F6N3. The molecule has 0 atom stereocenters. The maximum atomic E-state index is 16.3. The Morgan fingerprint density at radius 2 is 0.923 bits per heavy atom. The zero-order chi connectivity index (χ0) is 36.9. The highest BCUT2D eigenvalue weighted by molar-refractivity contribution is 6.14. The molecule has 0 aliphatic rings. The lowest BCUT2D eigenvalue weighted by Gasteiger charge is -2.26. The molecule has 0 saturated heterocycles. The zero-order valence-corrected chi connectivity index (χ0v) is 28.4. The van der Waals surface area contributed by atoms with E-state index in [2.05, 4.69) is 4.85 Å². The van der Waals surface area contributed by atoms with Gasteiger partial charge in [-0.3, -0.25) is 0 Å². The Kier molecular flexibility index (Phi) is 7.33. The number of fused-ring (bicyclic) bond motifs is 6. The fourth-order valence-corrected chi connectivity index (χ4v) is 8.05. The smallest absolute Gasteiger partial charge is 0.309 e. The molecule has 8 rings (SSSR count). The van der Waals surface area contributed by atoms with E-state index in [-0.39, 0.29) is 11.3 Å². The molecule has 258 valence electrons. The third-order valence-electron chi connectivity index (χ3n) is 10.1. The highest BCUT2D eigenvalue weighted by Gasteiger charge is 2.42. The Hall–Kier alpha value is -6.01. The molecule has 6 aromatic carbocycles. The van der Waals surface area contributed by atoms with Gasteiger partial charge in [-0.25, -0.2) is 4.85 Å². The summed E-state index contributed by atoms with van der Waals surface area (Å²) in [7, 11) is 0. The predicted octanol–water partition coefficient (Wildman–Crippen LogP) is 13.4. The van der Waals surface area contributed by atoms with Gasteiger partial charge in [0.05, 0.1) is 45.6 Å². The molecule has 0 amide bonds. The van der Waals surface area contributed by atoms with Crippen LogP contribution in [0.5, 0.6) is 0 Å². The summed E-state index contributed by atoms with van der Waals surface area (Å²) in [4.78, 5) is 3.42. The minimum atomic E-state index is -5.08. The SMILES string of the molecule is [C-]#[N+]c1cccc(C(F)(F)F)c1-c1ccc(-n2c3cccc(C)c3c3c(C)cccc32)c(C(F)(F)F)c1-n1c2cccc(C)c2c2c(C)cccc21. The second-order valence-electron chi connectivity index (χ2n) is 13.2. The van der Waals surface area contributed by atoms with Gasteiger partial charge in [0.15, 0.2) is 5.69 Å². The van der Waals surface area contributed by atoms with Gasteiger partial charge in [-0.1, -0.05) is 72.8 Å². The highest BCUT2D eigenvalue weighted by Crippen LogP contribution is 2.51. The molecule has 3 nitrogen and oxygen atoms in total. The van der Waals surface area contributed by atoms with E-state index < -0.39 is 40.4 Å². The van der Waals surface area contributed by atoms with Gasteiger partial charge in [0.2, 0.25) is 0 Å². The summed E-state index contributed by atoms with van der Waals surface area (Å²) in [6.45, 7) is 15.4. The monoisotopic (exact) mass is 701 g/mol. The summed E-state index contributed by atoms with van der Waals surface area (Å²) in [5.41, 5.74) is 0.766. The molecule has 2 aromatic heterocycles. The molecular weight excluding hydrogens is 672 g/mol. The van der Waals surface area contributed by atoms with Crippen LogP contribution in [0.1, 0.15) is 33.4 Å². The molecule has 52 heavy (non-hydrogen) atoms. The largest absolute Gasteiger partial charge is 0.420 e. The minimum Gasteiger partial charge on any atom is -0.309 e. The summed E-state index contributed by atoms with van der Waals surface area (Å²) in [5.74, 6) is 0. The van der Waals surface area contributed by atoms with Crippen molar-refractivity contribution in [3.05, 3.63) is 148 Å². The van der Waals surface area contributed by atoms with Gasteiger partial charge in [-0.15, -0.1) is 0 Å². The molecule has 0 aliphatic carbocycles. The predicted molar refractivity (Wildman–Crippen MR) is 196 cm³/mol. The summed E-state index contributed by atoms with van der Waals surface area (Å²) < 4.78 is 96.5. The van der Waals surface area contributed by atoms with Crippen molar-refractivity contribution in [1.29, 1.82) is 0 Å². The summed E-state index contributed by atoms with van der Waals surface area (Å²) in [6.07, 6.45) is -10.1. The van der Waals surface area contributed by atoms with E-state index in [0.29, 0.717) is 32.8 Å². The number of nitrogens with zero attached hydrogens (tertiary/aromatic N) is 3. The topological polar surface area (TPSA) is 14.2 Å². The molecule has 0 bridgehead atoms. The van der Waals surface area contributed by atoms with Crippen LogP contribution in [0.4, 0.5) is 32.0 Å². The van der Waals surface area contributed by atoms with Gasteiger partial charge in [-0.2, -0.15) is 26.3 Å². The molecule has 0 spiro atoms. The molecule has 2 heterocycles. The van der Waals surface area contributed by atoms with E-state index in [4.69, 9.17) is 6.57 Å². The average molecular weight is 702 g/mol. The van der Waals surface area contributed by atoms with E-state index in [0.717, 1.165) is 45.2 Å². The summed E-state index contributed by atoms with van der Waals surface area (Å²) >= 11 is 0. The van der Waals surface area contributed by atoms with Crippen molar-refractivity contribution < 1.29 is 26.3 Å². The van der Waals surface area contributed by atoms with Gasteiger partial charge in [0.25, 0.3) is 0 Å². The fraction of sp³-hybridized carbons (Fsp3) is 0.140. The van der Waals surface area contributed by atoms with Gasteiger partial charge in [0.1, 0.15) is 5.56 Å². The molecule has 0 unspecified atom stereocenters. The van der Waals surface area contributed by atoms with Crippen LogP contribution in [0.3, 0.4) is 0 Å². The molecule has 0 fully saturated rings. The van der Waals surface area contributed by atoms with Crippen molar-refractivity contribution in [2.75, 3.05) is 0 Å². The van der Waals surface area contributed by atoms with Crippen LogP contribution in [0.25, 0.3) is 71.0 Å². The third-order valence-corrected chi connectivity index (χ3v) is 10.1. The van der Waals surface area contributed by atoms with Gasteiger partial charge in [0, 0.05) is 27.1 Å². The van der Waals surface area contributed by atoms with Gasteiger partial charge < -0.3 is 9.13 Å². The lowest BCUT2D eigenvalue weighted by molar-refractivity contribution is -0.137. The number of alkyl halides is 6. The molecule has 8 aromatic rings. The first kappa shape index (κ1) is 33.2. The maximum absolute atomic E-state index is 16.3. The third kappa shape index (κ3) is 4.74. The standard InChI is InChI=1S/C43H29F6N3/c1-23-11-6-17-30-35(23)36-24(2)12-7-18-31(36)51(30)34-22-21-27(39-28(42(44,45)46)15-10-16-29(39)50-5)41(40(34)43(47,48)49)52-32-19-8-13-25(3)37(32)38-26(4)14-9-20-33(38)52/h6-22H,1-4H3. The van der Waals surface area contributed by atoms with E-state index in [1.54, 1.807) is 53.1 Å². The van der Waals surface area contributed by atoms with Crippen LogP contribution >= 0.6 is 0 Å². The van der Waals surface area contributed by atoms with Gasteiger partial charge in [-0.05, 0) is 85.8 Å². The lowest BCUT2D eigenvalue weighted by Crippen LogP contribution is -2.17. The van der Waals surface area contributed by atoms with Crippen molar-refractivity contribution in [2.45, 2.75) is 40.0 Å². The Morgan fingerprint density at radius 1 is 0.500 bits per heavy atom. The van der Waals surface area contributed by atoms with E-state index in [9.17, 15) is 13.2 Å². The first-order chi connectivity index (χ1) is 24.7. The van der Waals surface area contributed by atoms with Crippen LogP contribution in [-0.2, 0) is 12.4 Å². The minimum absolute atomic E-state index is 0.244. The van der Waals surface area contributed by atoms with Crippen LogP contribution < -0.4 is 0 Å². The normalized spacial score (nSPS) is 12.4. The fourth-order valence-electron chi connectivity index (χ4n) is 8.05.